The van der Waals surface area contributed by atoms with Gasteiger partial charge in [0.15, 0.2) is 0 Å². The topological polar surface area (TPSA) is 81.8 Å². The van der Waals surface area contributed by atoms with E-state index in [0.29, 0.717) is 16.6 Å². The first-order chi connectivity index (χ1) is 13.7. The number of quaternary nitrogens is 1. The van der Waals surface area contributed by atoms with Crippen molar-refractivity contribution in [3.63, 3.8) is 0 Å². The van der Waals surface area contributed by atoms with Crippen LogP contribution < -0.4 is 10.2 Å². The van der Waals surface area contributed by atoms with Crippen LogP contribution in [0.1, 0.15) is 37.0 Å². The van der Waals surface area contributed by atoms with Crippen LogP contribution in [0.25, 0.3) is 4.72 Å². The van der Waals surface area contributed by atoms with Gasteiger partial charge in [-0.25, -0.2) is 8.42 Å². The molecular formula is C21H26ClN3O3S. The number of nitrogens with zero attached hydrogens (tertiary/aromatic N) is 1. The lowest BCUT2D eigenvalue weighted by atomic mass is 10.0. The highest BCUT2D eigenvalue weighted by Gasteiger charge is 2.25. The van der Waals surface area contributed by atoms with Gasteiger partial charge in [-0.2, -0.15) is 0 Å². The molecule has 2 aromatic carbocycles. The molecule has 2 N–H and O–H groups in total. The molecule has 1 saturated heterocycles. The Hall–Kier alpha value is -2.09. The highest BCUT2D eigenvalue weighted by Crippen LogP contribution is 2.29. The van der Waals surface area contributed by atoms with Gasteiger partial charge in [0.2, 0.25) is 0 Å². The van der Waals surface area contributed by atoms with Crippen LogP contribution in [0.3, 0.4) is 0 Å². The number of hydrogen-bond acceptors (Lipinski definition) is 3. The number of halogens is 1. The molecular weight excluding hydrogens is 410 g/mol. The fourth-order valence-corrected chi connectivity index (χ4v) is 4.71. The van der Waals surface area contributed by atoms with E-state index < -0.39 is 10.0 Å². The molecule has 0 bridgehead atoms. The molecule has 0 aliphatic carbocycles. The first-order valence-corrected chi connectivity index (χ1v) is 11.6. The van der Waals surface area contributed by atoms with Crippen molar-refractivity contribution >= 4 is 33.2 Å². The fourth-order valence-electron chi connectivity index (χ4n) is 3.50. The van der Waals surface area contributed by atoms with Crippen molar-refractivity contribution < 1.29 is 18.1 Å². The number of carbonyl (C=O) groups excluding carboxylic acids is 1. The van der Waals surface area contributed by atoms with E-state index in [4.69, 9.17) is 11.6 Å². The summed E-state index contributed by atoms with van der Waals surface area (Å²) in [6.45, 7) is 6.45. The summed E-state index contributed by atoms with van der Waals surface area (Å²) in [6.07, 6.45) is 1.84. The zero-order valence-corrected chi connectivity index (χ0v) is 18.1. The van der Waals surface area contributed by atoms with Crippen LogP contribution in [-0.4, -0.2) is 39.5 Å². The van der Waals surface area contributed by atoms with E-state index in [1.54, 1.807) is 35.2 Å². The molecule has 6 nitrogen and oxygen atoms in total. The Labute approximate surface area is 177 Å². The largest absolute Gasteiger partial charge is 0.573 e. The summed E-state index contributed by atoms with van der Waals surface area (Å²) in [5.41, 5.74) is 0.553. The SMILES string of the molecule is CC(C)[NH+]1CCC(NC(=O)c2cccc(S(=O)(=O)[N-]c3cccc(Cl)c3)c2)CC1. The maximum atomic E-state index is 12.6. The average molecular weight is 436 g/mol. The Kier molecular flexibility index (Phi) is 6.82. The minimum atomic E-state index is -3.95. The number of amides is 1. The minimum absolute atomic E-state index is 0.0239. The minimum Gasteiger partial charge on any atom is -0.573 e. The van der Waals surface area contributed by atoms with Crippen molar-refractivity contribution in [1.82, 2.24) is 5.32 Å². The van der Waals surface area contributed by atoms with Crippen molar-refractivity contribution in [1.29, 1.82) is 0 Å². The molecule has 29 heavy (non-hydrogen) atoms. The van der Waals surface area contributed by atoms with Gasteiger partial charge >= 0.3 is 0 Å². The van der Waals surface area contributed by atoms with Crippen molar-refractivity contribution in [2.24, 2.45) is 0 Å². The quantitative estimate of drug-likeness (QED) is 0.731. The number of piperidine rings is 1. The number of nitrogens with one attached hydrogen (secondary N) is 2. The summed E-state index contributed by atoms with van der Waals surface area (Å²) in [4.78, 5) is 14.2. The van der Waals surface area contributed by atoms with Gasteiger partial charge < -0.3 is 14.9 Å². The van der Waals surface area contributed by atoms with E-state index in [1.807, 2.05) is 0 Å². The average Bonchev–Trinajstić information content (AvgIpc) is 2.68. The summed E-state index contributed by atoms with van der Waals surface area (Å²) < 4.78 is 29.1. The monoisotopic (exact) mass is 435 g/mol. The van der Waals surface area contributed by atoms with Crippen molar-refractivity contribution in [2.75, 3.05) is 13.1 Å². The summed E-state index contributed by atoms with van der Waals surface area (Å²) in [5, 5.41) is 3.44. The van der Waals surface area contributed by atoms with Gasteiger partial charge in [0, 0.05) is 29.5 Å². The van der Waals surface area contributed by atoms with Crippen LogP contribution in [0.15, 0.2) is 53.4 Å². The smallest absolute Gasteiger partial charge is 0.251 e. The second-order valence-corrected chi connectivity index (χ2v) is 9.68. The Morgan fingerprint density at radius 3 is 2.48 bits per heavy atom. The van der Waals surface area contributed by atoms with E-state index in [1.165, 1.54) is 18.2 Å². The number of carbonyl (C=O) groups is 1. The number of rotatable bonds is 6. The van der Waals surface area contributed by atoms with Gasteiger partial charge in [-0.1, -0.05) is 35.9 Å². The van der Waals surface area contributed by atoms with Crippen LogP contribution in [0.2, 0.25) is 5.02 Å². The van der Waals surface area contributed by atoms with E-state index in [-0.39, 0.29) is 22.5 Å². The highest BCUT2D eigenvalue weighted by molar-refractivity contribution is 7.94. The Morgan fingerprint density at radius 1 is 1.14 bits per heavy atom. The predicted octanol–water partition coefficient (Wildman–Crippen LogP) is 2.92. The Morgan fingerprint density at radius 2 is 1.83 bits per heavy atom. The molecule has 1 amide bonds. The van der Waals surface area contributed by atoms with Crippen LogP contribution in [0.5, 0.6) is 0 Å². The van der Waals surface area contributed by atoms with Crippen LogP contribution >= 0.6 is 11.6 Å². The summed E-state index contributed by atoms with van der Waals surface area (Å²) in [5.74, 6) is -0.261. The molecule has 0 radical (unpaired) electrons. The second kappa shape index (κ2) is 9.15. The van der Waals surface area contributed by atoms with Gasteiger partial charge in [0.25, 0.3) is 5.91 Å². The lowest BCUT2D eigenvalue weighted by Gasteiger charge is -2.32. The number of hydrogen-bond donors (Lipinski definition) is 2. The molecule has 1 fully saturated rings. The first kappa shape index (κ1) is 21.6. The normalized spacial score (nSPS) is 19.7. The lowest BCUT2D eigenvalue weighted by Crippen LogP contribution is -3.16. The van der Waals surface area contributed by atoms with Gasteiger partial charge in [0.1, 0.15) is 10.0 Å². The number of likely N-dealkylation sites (tertiary alicyclic amines) is 1. The third-order valence-electron chi connectivity index (χ3n) is 5.21. The molecule has 1 aliphatic heterocycles. The van der Waals surface area contributed by atoms with Crippen LogP contribution in [0, 0.1) is 0 Å². The molecule has 8 heteroatoms. The van der Waals surface area contributed by atoms with Gasteiger partial charge in [-0.05, 0) is 38.1 Å². The Bertz CT molecular complexity index is 971. The van der Waals surface area contributed by atoms with Crippen LogP contribution in [0.4, 0.5) is 5.69 Å². The van der Waals surface area contributed by atoms with E-state index in [9.17, 15) is 13.2 Å². The molecule has 0 spiro atoms. The molecule has 3 rings (SSSR count). The van der Waals surface area contributed by atoms with Gasteiger partial charge in [-0.3, -0.25) is 4.79 Å². The third-order valence-corrected chi connectivity index (χ3v) is 6.74. The van der Waals surface area contributed by atoms with E-state index in [2.05, 4.69) is 23.9 Å². The fraction of sp³-hybridized carbons (Fsp3) is 0.381. The molecule has 0 atom stereocenters. The Balaban J connectivity index is 1.68. The predicted molar refractivity (Wildman–Crippen MR) is 114 cm³/mol. The van der Waals surface area contributed by atoms with E-state index in [0.717, 1.165) is 25.9 Å². The summed E-state index contributed by atoms with van der Waals surface area (Å²) in [6, 6.07) is 13.0. The lowest BCUT2D eigenvalue weighted by molar-refractivity contribution is -0.926. The molecule has 1 aliphatic rings. The third kappa shape index (κ3) is 5.72. The summed E-state index contributed by atoms with van der Waals surface area (Å²) in [7, 11) is -3.95. The van der Waals surface area contributed by atoms with Crippen molar-refractivity contribution in [3.8, 4) is 0 Å². The van der Waals surface area contributed by atoms with Crippen molar-refractivity contribution in [3.05, 3.63) is 63.8 Å². The standard InChI is InChI=1S/C21H25ClN3O3S/c1-15(2)25-11-9-18(10-12-25)23-21(26)16-5-3-8-20(13-16)29(27,28)24-19-7-4-6-17(22)14-19/h3-8,13-15,18H,9-12H2,1-2H3,(H,23,26)/q-1/p+1. The molecule has 1 heterocycles. The number of sulfonamides is 1. The molecule has 156 valence electrons. The second-order valence-electron chi connectivity index (χ2n) is 7.63. The molecule has 0 aromatic heterocycles. The zero-order valence-electron chi connectivity index (χ0n) is 16.6. The zero-order chi connectivity index (χ0) is 21.0. The molecule has 0 saturated carbocycles. The van der Waals surface area contributed by atoms with Crippen molar-refractivity contribution in [2.45, 2.75) is 43.7 Å². The maximum Gasteiger partial charge on any atom is 0.251 e. The number of benzene rings is 2. The molecule has 0 unspecified atom stereocenters. The van der Waals surface area contributed by atoms with Crippen LogP contribution in [-0.2, 0) is 10.0 Å². The highest BCUT2D eigenvalue weighted by atomic mass is 35.5. The first-order valence-electron chi connectivity index (χ1n) is 9.74. The maximum absolute atomic E-state index is 12.6. The summed E-state index contributed by atoms with van der Waals surface area (Å²) >= 11 is 5.90. The van der Waals surface area contributed by atoms with Gasteiger partial charge in [0.05, 0.1) is 24.0 Å². The van der Waals surface area contributed by atoms with Gasteiger partial charge in [-0.15, -0.1) is 5.69 Å². The van der Waals surface area contributed by atoms with E-state index >= 15 is 0 Å². The molecule has 2 aromatic rings.